The van der Waals surface area contributed by atoms with Crippen molar-refractivity contribution in [2.24, 2.45) is 0 Å². The van der Waals surface area contributed by atoms with Gasteiger partial charge >= 0.3 is 0 Å². The molecule has 0 radical (unpaired) electrons. The average molecular weight is 1490 g/mol. The molecule has 0 amide bonds. The van der Waals surface area contributed by atoms with Crippen LogP contribution in [0.4, 0.5) is 0 Å². The monoisotopic (exact) mass is 1490 g/mol. The van der Waals surface area contributed by atoms with Gasteiger partial charge in [0.05, 0.1) is 45.2 Å². The quantitative estimate of drug-likeness (QED) is 0.121. The largest absolute Gasteiger partial charge is 0.247 e. The van der Waals surface area contributed by atoms with Crippen molar-refractivity contribution in [2.75, 3.05) is 0 Å². The van der Waals surface area contributed by atoms with E-state index in [1.807, 2.05) is 59.1 Å². The molecule has 16 aromatic carbocycles. The van der Waals surface area contributed by atoms with Crippen LogP contribution in [0.2, 0.25) is 0 Å². The third-order valence-electron chi connectivity index (χ3n) is 21.8. The van der Waals surface area contributed by atoms with Crippen molar-refractivity contribution in [3.8, 4) is 135 Å². The van der Waals surface area contributed by atoms with Gasteiger partial charge in [0.25, 0.3) is 0 Å². The number of fused-ring (bicyclic) bond motifs is 12. The Balaban J connectivity index is 0.000000143. The summed E-state index contributed by atoms with van der Waals surface area (Å²) in [6, 6.07) is 141. The molecular weight excluding hydrogens is 1420 g/mol. The zero-order valence-corrected chi connectivity index (χ0v) is 63.2. The van der Waals surface area contributed by atoms with Gasteiger partial charge in [0.2, 0.25) is 0 Å². The maximum atomic E-state index is 5.49. The predicted octanol–water partition coefficient (Wildman–Crippen LogP) is 29.1. The molecule has 532 valence electrons. The van der Waals surface area contributed by atoms with Crippen molar-refractivity contribution in [2.45, 2.75) is 0 Å². The minimum Gasteiger partial charge on any atom is -0.247 e. The second-order valence-electron chi connectivity index (χ2n) is 28.7. The molecule has 0 aliphatic carbocycles. The van der Waals surface area contributed by atoms with Crippen LogP contribution >= 0.6 is 22.7 Å². The van der Waals surface area contributed by atoms with Crippen molar-refractivity contribution in [3.63, 3.8) is 0 Å². The summed E-state index contributed by atoms with van der Waals surface area (Å²) in [5.41, 5.74) is 25.3. The molecule has 0 unspecified atom stereocenters. The minimum absolute atomic E-state index is 0.698. The van der Waals surface area contributed by atoms with Crippen molar-refractivity contribution < 1.29 is 0 Å². The van der Waals surface area contributed by atoms with E-state index in [-0.39, 0.29) is 0 Å². The van der Waals surface area contributed by atoms with Crippen LogP contribution in [0.25, 0.3) is 219 Å². The van der Waals surface area contributed by atoms with Gasteiger partial charge in [0, 0.05) is 95.6 Å². The number of hydrogen-bond donors (Lipinski definition) is 0. The van der Waals surface area contributed by atoms with Crippen LogP contribution in [0.1, 0.15) is 0 Å². The number of hydrogen-bond acceptors (Lipinski definition) is 8. The van der Waals surface area contributed by atoms with Crippen molar-refractivity contribution in [1.82, 2.24) is 29.9 Å². The Morgan fingerprint density at radius 1 is 0.175 bits per heavy atom. The summed E-state index contributed by atoms with van der Waals surface area (Å²) in [6.45, 7) is 0. The minimum atomic E-state index is 0.698. The molecule has 6 aromatic heterocycles. The van der Waals surface area contributed by atoms with Crippen LogP contribution in [-0.4, -0.2) is 29.9 Å². The normalized spacial score (nSPS) is 11.5. The molecule has 22 rings (SSSR count). The van der Waals surface area contributed by atoms with Crippen molar-refractivity contribution >= 4 is 106 Å². The molecule has 0 saturated carbocycles. The zero-order valence-electron chi connectivity index (χ0n) is 61.6. The van der Waals surface area contributed by atoms with Crippen LogP contribution in [0, 0.1) is 0 Å². The first-order valence-electron chi connectivity index (χ1n) is 38.4. The van der Waals surface area contributed by atoms with Crippen LogP contribution in [0.5, 0.6) is 0 Å². The number of aromatic nitrogens is 6. The van der Waals surface area contributed by atoms with E-state index in [1.165, 1.54) is 100 Å². The fraction of sp³-hybridized carbons (Fsp3) is 0. The second-order valence-corrected chi connectivity index (χ2v) is 30.8. The Bertz CT molecular complexity index is 6960. The Labute approximate surface area is 666 Å². The highest BCUT2D eigenvalue weighted by Crippen LogP contribution is 2.49. The molecule has 0 aliphatic heterocycles. The van der Waals surface area contributed by atoms with E-state index in [0.717, 1.165) is 106 Å². The molecule has 22 aromatic rings. The molecule has 0 aliphatic rings. The Morgan fingerprint density at radius 2 is 0.447 bits per heavy atom. The van der Waals surface area contributed by atoms with Gasteiger partial charge in [-0.3, -0.25) is 0 Å². The number of rotatable bonds is 12. The third kappa shape index (κ3) is 12.5. The van der Waals surface area contributed by atoms with Gasteiger partial charge in [-0.05, 0) is 102 Å². The molecule has 0 N–H and O–H groups in total. The molecular formula is C106H66N6S2. The maximum Gasteiger partial charge on any atom is 0.160 e. The predicted molar refractivity (Wildman–Crippen MR) is 481 cm³/mol. The standard InChI is InChI=1S/2C53H33N3S/c1-3-13-34(14-4-1)35-25-31-40(32-26-35)53-55-46(38-16-5-2-6-17-38)33-47(56-53)39-29-27-37(28-30-39)42-21-12-23-45-49(42)52-50(44-20-9-10-24-48(44)57-52)51(54-45)43-22-11-18-36-15-7-8-19-41(36)43;1-3-13-34(14-4-1)35-25-29-38(30-26-35)46-33-47(56-53(55-46)40-16-5-2-6-17-40)39-31-27-37(28-32-39)42-21-12-23-45-49(42)52-50(44-20-9-10-24-48(44)57-52)51(54-45)43-22-11-18-36-15-7-8-19-41(36)43/h2*1-33H. The van der Waals surface area contributed by atoms with E-state index in [4.69, 9.17) is 29.9 Å². The van der Waals surface area contributed by atoms with Crippen LogP contribution < -0.4 is 0 Å². The highest BCUT2D eigenvalue weighted by Gasteiger charge is 2.24. The van der Waals surface area contributed by atoms with Crippen molar-refractivity contribution in [3.05, 3.63) is 400 Å². The summed E-state index contributed by atoms with van der Waals surface area (Å²) in [6.07, 6.45) is 0. The Kier molecular flexibility index (Phi) is 17.2. The molecule has 0 fully saturated rings. The van der Waals surface area contributed by atoms with E-state index in [9.17, 15) is 0 Å². The van der Waals surface area contributed by atoms with Crippen LogP contribution in [0.3, 0.4) is 0 Å². The lowest BCUT2D eigenvalue weighted by molar-refractivity contribution is 1.18. The smallest absolute Gasteiger partial charge is 0.160 e. The van der Waals surface area contributed by atoms with Crippen LogP contribution in [-0.2, 0) is 0 Å². The number of pyridine rings is 2. The molecule has 6 nitrogen and oxygen atoms in total. The number of thiophene rings is 2. The summed E-state index contributed by atoms with van der Waals surface area (Å²) >= 11 is 3.71. The van der Waals surface area contributed by atoms with Gasteiger partial charge in [-0.25, -0.2) is 29.9 Å². The molecule has 0 spiro atoms. The average Bonchev–Trinajstić information content (AvgIpc) is 1.63. The first-order chi connectivity index (χ1) is 56.5. The second kappa shape index (κ2) is 29.0. The lowest BCUT2D eigenvalue weighted by Crippen LogP contribution is -1.96. The number of benzene rings is 16. The first-order valence-corrected chi connectivity index (χ1v) is 40.0. The van der Waals surface area contributed by atoms with E-state index in [1.54, 1.807) is 0 Å². The van der Waals surface area contributed by atoms with Gasteiger partial charge in [-0.2, -0.15) is 0 Å². The number of nitrogens with zero attached hydrogens (tertiary/aromatic N) is 6. The van der Waals surface area contributed by atoms with Gasteiger partial charge in [-0.1, -0.05) is 364 Å². The van der Waals surface area contributed by atoms with E-state index in [2.05, 4.69) is 364 Å². The lowest BCUT2D eigenvalue weighted by Gasteiger charge is -2.14. The highest BCUT2D eigenvalue weighted by molar-refractivity contribution is 7.27. The topological polar surface area (TPSA) is 77.3 Å². The van der Waals surface area contributed by atoms with Gasteiger partial charge in [0.1, 0.15) is 0 Å². The van der Waals surface area contributed by atoms with Gasteiger partial charge in [0.15, 0.2) is 11.6 Å². The van der Waals surface area contributed by atoms with Crippen LogP contribution in [0.15, 0.2) is 400 Å². The van der Waals surface area contributed by atoms with E-state index >= 15 is 0 Å². The maximum absolute atomic E-state index is 5.49. The van der Waals surface area contributed by atoms with Crippen molar-refractivity contribution in [1.29, 1.82) is 0 Å². The summed E-state index contributed by atoms with van der Waals surface area (Å²) < 4.78 is 5.04. The van der Waals surface area contributed by atoms with Gasteiger partial charge < -0.3 is 0 Å². The fourth-order valence-electron chi connectivity index (χ4n) is 16.2. The summed E-state index contributed by atoms with van der Waals surface area (Å²) in [4.78, 5) is 31.4. The van der Waals surface area contributed by atoms with Gasteiger partial charge in [-0.15, -0.1) is 22.7 Å². The Hall–Kier alpha value is -14.5. The fourth-order valence-corrected chi connectivity index (χ4v) is 18.8. The summed E-state index contributed by atoms with van der Waals surface area (Å²) in [5.74, 6) is 1.40. The Morgan fingerprint density at radius 3 is 0.851 bits per heavy atom. The zero-order chi connectivity index (χ0) is 75.4. The molecule has 8 heteroatoms. The molecule has 114 heavy (non-hydrogen) atoms. The highest BCUT2D eigenvalue weighted by atomic mass is 32.1. The summed E-state index contributed by atoms with van der Waals surface area (Å²) in [7, 11) is 0. The van der Waals surface area contributed by atoms with E-state index in [0.29, 0.717) is 11.6 Å². The molecule has 0 saturated heterocycles. The lowest BCUT2D eigenvalue weighted by atomic mass is 9.94. The van der Waals surface area contributed by atoms with E-state index < -0.39 is 0 Å². The third-order valence-corrected chi connectivity index (χ3v) is 24.2. The molecule has 0 bridgehead atoms. The summed E-state index contributed by atoms with van der Waals surface area (Å²) in [5, 5.41) is 12.1. The first kappa shape index (κ1) is 67.6. The molecule has 6 heterocycles. The molecule has 0 atom stereocenters. The SMILES string of the molecule is c1ccc(-c2ccc(-c3cc(-c4ccc(-c5cccc6nc(-c7cccc8ccccc78)c7c8ccccc8sc7c56)cc4)nc(-c4ccccc4)n3)cc2)cc1.c1ccc(-c2ccc(-c3nc(-c4ccccc4)cc(-c4ccc(-c5cccc6nc(-c7cccc8ccccc78)c7c8ccccc8sc7c56)cc4)n3)cc2)cc1.